The van der Waals surface area contributed by atoms with Gasteiger partial charge in [0.15, 0.2) is 0 Å². The van der Waals surface area contributed by atoms with Crippen LogP contribution in [0.2, 0.25) is 0 Å². The van der Waals surface area contributed by atoms with E-state index >= 15 is 0 Å². The second kappa shape index (κ2) is 5.14. The minimum absolute atomic E-state index is 0.120. The van der Waals surface area contributed by atoms with E-state index in [4.69, 9.17) is 5.11 Å². The predicted molar refractivity (Wildman–Crippen MR) is 55.5 cm³/mol. The molecule has 0 aromatic heterocycles. The molecular weight excluding hydrogens is 194 g/mol. The van der Waals surface area contributed by atoms with E-state index in [1.54, 1.807) is 24.3 Å². The Kier molecular flexibility index (Phi) is 3.85. The van der Waals surface area contributed by atoms with Crippen LogP contribution in [0.4, 0.5) is 0 Å². The number of benzene rings is 1. The Morgan fingerprint density at radius 2 is 1.93 bits per heavy atom. The third-order valence-electron chi connectivity index (χ3n) is 2.06. The first-order valence-corrected chi connectivity index (χ1v) is 4.63. The minimum atomic E-state index is -0.935. The Hall–Kier alpha value is -1.84. The summed E-state index contributed by atoms with van der Waals surface area (Å²) in [6.07, 6.45) is 0. The van der Waals surface area contributed by atoms with E-state index in [9.17, 15) is 9.59 Å². The van der Waals surface area contributed by atoms with Crippen molar-refractivity contribution in [1.29, 1.82) is 0 Å². The molecule has 1 unspecified atom stereocenters. The molecule has 1 atom stereocenters. The van der Waals surface area contributed by atoms with Gasteiger partial charge in [-0.1, -0.05) is 30.3 Å². The smallest absolute Gasteiger partial charge is 0.312 e. The number of carboxylic acid groups (broad SMARTS) is 1. The van der Waals surface area contributed by atoms with Gasteiger partial charge in [-0.25, -0.2) is 0 Å². The quantitative estimate of drug-likeness (QED) is 0.773. The average molecular weight is 207 g/mol. The molecular formula is C11H13NO3. The fraction of sp³-hybridized carbons (Fsp3) is 0.273. The number of amides is 1. The zero-order valence-corrected chi connectivity index (χ0v) is 8.43. The lowest BCUT2D eigenvalue weighted by atomic mass is 9.99. The Labute approximate surface area is 87.9 Å². The Balaban J connectivity index is 2.75. The van der Waals surface area contributed by atoms with Crippen LogP contribution in [0.1, 0.15) is 18.4 Å². The van der Waals surface area contributed by atoms with E-state index in [0.29, 0.717) is 5.56 Å². The summed E-state index contributed by atoms with van der Waals surface area (Å²) >= 11 is 0. The van der Waals surface area contributed by atoms with Crippen LogP contribution in [0.5, 0.6) is 0 Å². The molecule has 4 heteroatoms. The number of hydrogen-bond donors (Lipinski definition) is 2. The summed E-state index contributed by atoms with van der Waals surface area (Å²) in [7, 11) is 0. The average Bonchev–Trinajstić information content (AvgIpc) is 2.18. The molecule has 1 aromatic carbocycles. The standard InChI is InChI=1S/C11H13NO3/c1-8(13)12-7-10(11(14)15)9-5-3-2-4-6-9/h2-6,10H,7H2,1H3,(H,12,13)(H,14,15). The van der Waals surface area contributed by atoms with Crippen molar-refractivity contribution in [3.05, 3.63) is 35.9 Å². The maximum atomic E-state index is 11.0. The van der Waals surface area contributed by atoms with Crippen molar-refractivity contribution < 1.29 is 14.7 Å². The number of hydrogen-bond acceptors (Lipinski definition) is 2. The molecule has 15 heavy (non-hydrogen) atoms. The molecule has 1 amide bonds. The number of nitrogens with one attached hydrogen (secondary N) is 1. The van der Waals surface area contributed by atoms with Gasteiger partial charge in [-0.15, -0.1) is 0 Å². The van der Waals surface area contributed by atoms with E-state index in [0.717, 1.165) is 0 Å². The van der Waals surface area contributed by atoms with Crippen molar-refractivity contribution >= 4 is 11.9 Å². The Morgan fingerprint density at radius 3 is 2.40 bits per heavy atom. The molecule has 0 aliphatic heterocycles. The highest BCUT2D eigenvalue weighted by atomic mass is 16.4. The minimum Gasteiger partial charge on any atom is -0.481 e. The van der Waals surface area contributed by atoms with Crippen LogP contribution < -0.4 is 5.32 Å². The van der Waals surface area contributed by atoms with Crippen LogP contribution in [0.3, 0.4) is 0 Å². The zero-order valence-electron chi connectivity index (χ0n) is 8.43. The lowest BCUT2D eigenvalue weighted by Gasteiger charge is -2.12. The molecule has 80 valence electrons. The molecule has 0 heterocycles. The van der Waals surface area contributed by atoms with Gasteiger partial charge in [0.05, 0.1) is 5.92 Å². The Bertz CT molecular complexity index is 348. The third kappa shape index (κ3) is 3.42. The highest BCUT2D eigenvalue weighted by Gasteiger charge is 2.19. The molecule has 0 aliphatic carbocycles. The van der Waals surface area contributed by atoms with Gasteiger partial charge < -0.3 is 10.4 Å². The lowest BCUT2D eigenvalue weighted by molar-refractivity contribution is -0.138. The summed E-state index contributed by atoms with van der Waals surface area (Å²) in [4.78, 5) is 21.7. The van der Waals surface area contributed by atoms with Gasteiger partial charge in [-0.3, -0.25) is 9.59 Å². The maximum absolute atomic E-state index is 11.0. The molecule has 0 saturated carbocycles. The first-order valence-electron chi connectivity index (χ1n) is 4.63. The van der Waals surface area contributed by atoms with Crippen LogP contribution in [0.15, 0.2) is 30.3 Å². The number of rotatable bonds is 4. The second-order valence-corrected chi connectivity index (χ2v) is 3.24. The summed E-state index contributed by atoms with van der Waals surface area (Å²) < 4.78 is 0. The molecule has 0 bridgehead atoms. The van der Waals surface area contributed by atoms with Crippen molar-refractivity contribution in [2.24, 2.45) is 0 Å². The van der Waals surface area contributed by atoms with Gasteiger partial charge in [0.1, 0.15) is 0 Å². The van der Waals surface area contributed by atoms with Crippen molar-refractivity contribution in [3.63, 3.8) is 0 Å². The van der Waals surface area contributed by atoms with E-state index in [2.05, 4.69) is 5.32 Å². The first-order chi connectivity index (χ1) is 7.11. The van der Waals surface area contributed by atoms with Crippen LogP contribution in [0, 0.1) is 0 Å². The molecule has 0 radical (unpaired) electrons. The number of carbonyl (C=O) groups excluding carboxylic acids is 1. The van der Waals surface area contributed by atoms with Crippen LogP contribution in [0.25, 0.3) is 0 Å². The van der Waals surface area contributed by atoms with Crippen molar-refractivity contribution in [2.75, 3.05) is 6.54 Å². The fourth-order valence-electron chi connectivity index (χ4n) is 1.28. The van der Waals surface area contributed by atoms with Crippen LogP contribution in [-0.2, 0) is 9.59 Å². The maximum Gasteiger partial charge on any atom is 0.312 e. The van der Waals surface area contributed by atoms with Crippen molar-refractivity contribution in [1.82, 2.24) is 5.32 Å². The van der Waals surface area contributed by atoms with Gasteiger partial charge in [0.25, 0.3) is 0 Å². The normalized spacial score (nSPS) is 11.8. The molecule has 0 saturated heterocycles. The van der Waals surface area contributed by atoms with E-state index < -0.39 is 11.9 Å². The first kappa shape index (κ1) is 11.2. The monoisotopic (exact) mass is 207 g/mol. The molecule has 2 N–H and O–H groups in total. The summed E-state index contributed by atoms with van der Waals surface area (Å²) in [6.45, 7) is 1.48. The molecule has 0 spiro atoms. The van der Waals surface area contributed by atoms with Crippen molar-refractivity contribution in [3.8, 4) is 0 Å². The number of carboxylic acids is 1. The summed E-state index contributed by atoms with van der Waals surface area (Å²) in [5.74, 6) is -1.85. The summed E-state index contributed by atoms with van der Waals surface area (Å²) in [5, 5.41) is 11.5. The predicted octanol–water partition coefficient (Wildman–Crippen LogP) is 0.991. The molecule has 0 aliphatic rings. The highest BCUT2D eigenvalue weighted by Crippen LogP contribution is 2.14. The molecule has 0 fully saturated rings. The second-order valence-electron chi connectivity index (χ2n) is 3.24. The molecule has 4 nitrogen and oxygen atoms in total. The van der Waals surface area contributed by atoms with Crippen LogP contribution in [-0.4, -0.2) is 23.5 Å². The summed E-state index contributed by atoms with van der Waals surface area (Å²) in [6, 6.07) is 8.85. The van der Waals surface area contributed by atoms with Crippen molar-refractivity contribution in [2.45, 2.75) is 12.8 Å². The van der Waals surface area contributed by atoms with Gasteiger partial charge in [-0.05, 0) is 5.56 Å². The fourth-order valence-corrected chi connectivity index (χ4v) is 1.28. The topological polar surface area (TPSA) is 66.4 Å². The highest BCUT2D eigenvalue weighted by molar-refractivity contribution is 5.78. The van der Waals surface area contributed by atoms with E-state index in [1.165, 1.54) is 6.92 Å². The zero-order chi connectivity index (χ0) is 11.3. The SMILES string of the molecule is CC(=O)NCC(C(=O)O)c1ccccc1. The van der Waals surface area contributed by atoms with E-state index in [1.807, 2.05) is 6.07 Å². The number of carbonyl (C=O) groups is 2. The lowest BCUT2D eigenvalue weighted by Crippen LogP contribution is -2.29. The van der Waals surface area contributed by atoms with E-state index in [-0.39, 0.29) is 12.5 Å². The Morgan fingerprint density at radius 1 is 1.33 bits per heavy atom. The van der Waals surface area contributed by atoms with Gasteiger partial charge in [-0.2, -0.15) is 0 Å². The molecule has 1 rings (SSSR count). The van der Waals surface area contributed by atoms with Gasteiger partial charge in [0, 0.05) is 13.5 Å². The third-order valence-corrected chi connectivity index (χ3v) is 2.06. The number of aliphatic carboxylic acids is 1. The van der Waals surface area contributed by atoms with Crippen LogP contribution >= 0.6 is 0 Å². The van der Waals surface area contributed by atoms with Gasteiger partial charge in [0.2, 0.25) is 5.91 Å². The molecule has 1 aromatic rings. The summed E-state index contributed by atoms with van der Waals surface area (Å²) in [5.41, 5.74) is 0.693. The van der Waals surface area contributed by atoms with Gasteiger partial charge >= 0.3 is 5.97 Å². The largest absolute Gasteiger partial charge is 0.481 e.